The largest absolute Gasteiger partial charge is 0.469 e. The average Bonchev–Trinajstić information content (AvgIpc) is 3.05. The Morgan fingerprint density at radius 3 is 3.05 bits per heavy atom. The first-order valence-electron chi connectivity index (χ1n) is 7.54. The van der Waals surface area contributed by atoms with Gasteiger partial charge in [-0.15, -0.1) is 5.10 Å². The van der Waals surface area contributed by atoms with E-state index in [1.807, 2.05) is 23.9 Å². The monoisotopic (exact) mass is 289 g/mol. The molecule has 1 N–H and O–H groups in total. The fraction of sp³-hybridized carbons (Fsp3) is 0.600. The van der Waals surface area contributed by atoms with Crippen molar-refractivity contribution in [3.8, 4) is 0 Å². The number of aromatic nitrogens is 3. The molecule has 0 unspecified atom stereocenters. The summed E-state index contributed by atoms with van der Waals surface area (Å²) in [5.41, 5.74) is 2.26. The van der Waals surface area contributed by atoms with Crippen LogP contribution in [0, 0.1) is 6.92 Å². The van der Waals surface area contributed by atoms with Crippen LogP contribution < -0.4 is 5.32 Å². The Hall–Kier alpha value is -1.66. The van der Waals surface area contributed by atoms with E-state index in [-0.39, 0.29) is 0 Å². The second-order valence-corrected chi connectivity index (χ2v) is 5.87. The van der Waals surface area contributed by atoms with E-state index < -0.39 is 0 Å². The van der Waals surface area contributed by atoms with E-state index in [0.29, 0.717) is 6.04 Å². The number of rotatable bonds is 8. The Labute approximate surface area is 125 Å². The molecule has 0 saturated heterocycles. The number of hydrogen-bond donors (Lipinski definition) is 1. The van der Waals surface area contributed by atoms with Crippen molar-refractivity contribution in [1.29, 1.82) is 0 Å². The lowest BCUT2D eigenvalue weighted by atomic mass is 10.2. The minimum atomic E-state index is 0.708. The average molecular weight is 289 g/mol. The van der Waals surface area contributed by atoms with Crippen LogP contribution in [0.4, 0.5) is 0 Å². The summed E-state index contributed by atoms with van der Waals surface area (Å²) in [4.78, 5) is 2.27. The summed E-state index contributed by atoms with van der Waals surface area (Å²) >= 11 is 0. The number of hydrogen-bond acceptors (Lipinski definition) is 5. The van der Waals surface area contributed by atoms with E-state index in [2.05, 4.69) is 27.6 Å². The van der Waals surface area contributed by atoms with Gasteiger partial charge in [-0.1, -0.05) is 5.21 Å². The van der Waals surface area contributed by atoms with Gasteiger partial charge in [0.1, 0.15) is 5.76 Å². The molecule has 3 rings (SSSR count). The van der Waals surface area contributed by atoms with Gasteiger partial charge in [0.15, 0.2) is 0 Å². The summed E-state index contributed by atoms with van der Waals surface area (Å²) in [5.74, 6) is 0.996. The van der Waals surface area contributed by atoms with Gasteiger partial charge in [-0.3, -0.25) is 4.68 Å². The molecule has 1 aliphatic carbocycles. The van der Waals surface area contributed by atoms with E-state index >= 15 is 0 Å². The normalized spacial score (nSPS) is 15.0. The molecule has 0 amide bonds. The van der Waals surface area contributed by atoms with E-state index in [4.69, 9.17) is 4.42 Å². The number of furan rings is 1. The summed E-state index contributed by atoms with van der Waals surface area (Å²) in [6, 6.07) is 2.74. The number of nitrogens with one attached hydrogen (secondary N) is 1. The van der Waals surface area contributed by atoms with E-state index in [1.165, 1.54) is 18.4 Å². The second kappa shape index (κ2) is 6.41. The van der Waals surface area contributed by atoms with Crippen molar-refractivity contribution >= 4 is 0 Å². The van der Waals surface area contributed by atoms with Gasteiger partial charge < -0.3 is 14.6 Å². The molecule has 0 atom stereocenters. The van der Waals surface area contributed by atoms with Crippen LogP contribution in [0.2, 0.25) is 0 Å². The highest BCUT2D eigenvalue weighted by Gasteiger charge is 2.20. The number of aryl methyl sites for hydroxylation is 1. The van der Waals surface area contributed by atoms with Crippen LogP contribution in [0.3, 0.4) is 0 Å². The van der Waals surface area contributed by atoms with Crippen LogP contribution in [0.1, 0.15) is 29.9 Å². The van der Waals surface area contributed by atoms with Crippen molar-refractivity contribution < 1.29 is 4.42 Å². The lowest BCUT2D eigenvalue weighted by Gasteiger charge is -2.15. The SMILES string of the molecule is Cc1occc1CN(C)CCn1cc(CNC2CC2)nn1. The Balaban J connectivity index is 1.42. The maximum Gasteiger partial charge on any atom is 0.105 e. The molecule has 1 aliphatic rings. The first kappa shape index (κ1) is 14.3. The smallest absolute Gasteiger partial charge is 0.105 e. The van der Waals surface area contributed by atoms with Gasteiger partial charge in [0.2, 0.25) is 0 Å². The van der Waals surface area contributed by atoms with Crippen LogP contribution in [0.5, 0.6) is 0 Å². The summed E-state index contributed by atoms with van der Waals surface area (Å²) in [5, 5.41) is 11.8. The molecular formula is C15H23N5O. The molecule has 0 aromatic carbocycles. The third-order valence-corrected chi connectivity index (χ3v) is 3.85. The molecule has 1 fully saturated rings. The van der Waals surface area contributed by atoms with Crippen LogP contribution in [0.25, 0.3) is 0 Å². The number of likely N-dealkylation sites (N-methyl/N-ethyl adjacent to an activating group) is 1. The molecule has 0 aliphatic heterocycles. The summed E-state index contributed by atoms with van der Waals surface area (Å²) in [6.45, 7) is 5.51. The predicted molar refractivity (Wildman–Crippen MR) is 79.7 cm³/mol. The van der Waals surface area contributed by atoms with Gasteiger partial charge in [0, 0.05) is 37.4 Å². The summed E-state index contributed by atoms with van der Waals surface area (Å²) < 4.78 is 7.24. The van der Waals surface area contributed by atoms with Crippen LogP contribution in [-0.2, 0) is 19.6 Å². The quantitative estimate of drug-likeness (QED) is 0.799. The van der Waals surface area contributed by atoms with Gasteiger partial charge in [0.05, 0.1) is 18.5 Å². The maximum absolute atomic E-state index is 5.32. The Kier molecular flexibility index (Phi) is 4.36. The van der Waals surface area contributed by atoms with Crippen LogP contribution in [-0.4, -0.2) is 39.5 Å². The van der Waals surface area contributed by atoms with Crippen molar-refractivity contribution in [2.24, 2.45) is 0 Å². The molecule has 1 saturated carbocycles. The van der Waals surface area contributed by atoms with Gasteiger partial charge in [0.25, 0.3) is 0 Å². The molecule has 2 aromatic rings. The molecule has 0 radical (unpaired) electrons. The summed E-state index contributed by atoms with van der Waals surface area (Å²) in [7, 11) is 2.11. The Morgan fingerprint density at radius 2 is 2.33 bits per heavy atom. The third-order valence-electron chi connectivity index (χ3n) is 3.85. The minimum Gasteiger partial charge on any atom is -0.469 e. The fourth-order valence-corrected chi connectivity index (χ4v) is 2.28. The molecule has 6 nitrogen and oxygen atoms in total. The molecule has 0 spiro atoms. The number of nitrogens with zero attached hydrogens (tertiary/aromatic N) is 4. The summed E-state index contributed by atoms with van der Waals surface area (Å²) in [6.07, 6.45) is 6.38. The molecule has 21 heavy (non-hydrogen) atoms. The zero-order valence-electron chi connectivity index (χ0n) is 12.7. The second-order valence-electron chi connectivity index (χ2n) is 5.87. The standard InChI is InChI=1S/C15H23N5O/c1-12-13(5-8-21-12)10-19(2)6-7-20-11-15(17-18-20)9-16-14-3-4-14/h5,8,11,14,16H,3-4,6-7,9-10H2,1-2H3. The van der Waals surface area contributed by atoms with Gasteiger partial charge in [-0.2, -0.15) is 0 Å². The van der Waals surface area contributed by atoms with Gasteiger partial charge >= 0.3 is 0 Å². The van der Waals surface area contributed by atoms with Gasteiger partial charge in [-0.05, 0) is 32.9 Å². The highest BCUT2D eigenvalue weighted by molar-refractivity contribution is 5.14. The fourth-order valence-electron chi connectivity index (χ4n) is 2.28. The topological polar surface area (TPSA) is 59.1 Å². The first-order valence-corrected chi connectivity index (χ1v) is 7.54. The van der Waals surface area contributed by atoms with E-state index in [0.717, 1.165) is 37.6 Å². The van der Waals surface area contributed by atoms with E-state index in [1.54, 1.807) is 6.26 Å². The third kappa shape index (κ3) is 4.15. The van der Waals surface area contributed by atoms with Crippen molar-refractivity contribution in [3.63, 3.8) is 0 Å². The Morgan fingerprint density at radius 1 is 1.48 bits per heavy atom. The van der Waals surface area contributed by atoms with Crippen molar-refractivity contribution in [2.75, 3.05) is 13.6 Å². The Bertz CT molecular complexity index is 572. The predicted octanol–water partition coefficient (Wildman–Crippen LogP) is 1.56. The maximum atomic E-state index is 5.32. The zero-order valence-corrected chi connectivity index (χ0v) is 12.7. The molecule has 0 bridgehead atoms. The minimum absolute atomic E-state index is 0.708. The molecule has 114 valence electrons. The lowest BCUT2D eigenvalue weighted by molar-refractivity contribution is 0.301. The van der Waals surface area contributed by atoms with Crippen molar-refractivity contribution in [3.05, 3.63) is 35.5 Å². The zero-order chi connectivity index (χ0) is 14.7. The van der Waals surface area contributed by atoms with E-state index in [9.17, 15) is 0 Å². The molecule has 2 aromatic heterocycles. The molecular weight excluding hydrogens is 266 g/mol. The van der Waals surface area contributed by atoms with Crippen LogP contribution >= 0.6 is 0 Å². The highest BCUT2D eigenvalue weighted by atomic mass is 16.3. The highest BCUT2D eigenvalue weighted by Crippen LogP contribution is 2.18. The van der Waals surface area contributed by atoms with Crippen molar-refractivity contribution in [2.45, 2.75) is 45.4 Å². The van der Waals surface area contributed by atoms with Crippen LogP contribution in [0.15, 0.2) is 22.9 Å². The first-order chi connectivity index (χ1) is 10.2. The van der Waals surface area contributed by atoms with Gasteiger partial charge in [-0.25, -0.2) is 0 Å². The molecule has 2 heterocycles. The lowest BCUT2D eigenvalue weighted by Crippen LogP contribution is -2.23. The molecule has 6 heteroatoms. The van der Waals surface area contributed by atoms with Crippen molar-refractivity contribution in [1.82, 2.24) is 25.2 Å².